The molecular weight excluding hydrogens is 348 g/mol. The molecule has 0 radical (unpaired) electrons. The van der Waals surface area contributed by atoms with Crippen molar-refractivity contribution in [3.05, 3.63) is 47.8 Å². The number of aromatic nitrogens is 2. The summed E-state index contributed by atoms with van der Waals surface area (Å²) in [4.78, 5) is 27.2. The number of carbonyl (C=O) groups is 1. The number of rotatable bonds is 4. The zero-order chi connectivity index (χ0) is 19.1. The van der Waals surface area contributed by atoms with Gasteiger partial charge in [-0.2, -0.15) is 0 Å². The Morgan fingerprint density at radius 1 is 1.07 bits per heavy atom. The molecule has 1 aliphatic carbocycles. The molecule has 1 spiro atoms. The molecule has 1 unspecified atom stereocenters. The van der Waals surface area contributed by atoms with Gasteiger partial charge in [0.05, 0.1) is 0 Å². The Kier molecular flexibility index (Phi) is 4.43. The monoisotopic (exact) mass is 376 g/mol. The molecular formula is C23H28N4O. The molecule has 3 fully saturated rings. The van der Waals surface area contributed by atoms with E-state index in [2.05, 4.69) is 38.8 Å². The van der Waals surface area contributed by atoms with Crippen LogP contribution in [0.25, 0.3) is 11.4 Å². The molecule has 1 atom stereocenters. The Hall–Kier alpha value is -2.27. The number of amides is 1. The lowest BCUT2D eigenvalue weighted by Crippen LogP contribution is -2.60. The molecule has 3 heterocycles. The van der Waals surface area contributed by atoms with Crippen LogP contribution in [0.2, 0.25) is 0 Å². The first kappa shape index (κ1) is 17.8. The van der Waals surface area contributed by atoms with Gasteiger partial charge in [-0.05, 0) is 57.6 Å². The highest BCUT2D eigenvalue weighted by atomic mass is 16.2. The molecule has 1 amide bonds. The highest BCUT2D eigenvalue weighted by Gasteiger charge is 2.52. The fourth-order valence-corrected chi connectivity index (χ4v) is 5.06. The summed E-state index contributed by atoms with van der Waals surface area (Å²) in [6.45, 7) is 4.79. The number of carbonyl (C=O) groups excluding carboxylic acids is 1. The largest absolute Gasteiger partial charge is 0.338 e. The van der Waals surface area contributed by atoms with Crippen LogP contribution >= 0.6 is 0 Å². The number of nitrogens with zero attached hydrogens (tertiary/aromatic N) is 4. The van der Waals surface area contributed by atoms with Crippen molar-refractivity contribution in [3.8, 4) is 11.4 Å². The SMILES string of the molecule is Cc1ccccc1-c1ncc(CN2CCCC23CCCN(C2CC2)C3=O)cn1. The number of piperidine rings is 1. The fraction of sp³-hybridized carbons (Fsp3) is 0.522. The van der Waals surface area contributed by atoms with Crippen molar-refractivity contribution in [1.29, 1.82) is 0 Å². The van der Waals surface area contributed by atoms with Crippen LogP contribution in [0.5, 0.6) is 0 Å². The number of benzene rings is 1. The summed E-state index contributed by atoms with van der Waals surface area (Å²) in [6, 6.07) is 8.72. The summed E-state index contributed by atoms with van der Waals surface area (Å²) < 4.78 is 0. The molecule has 1 aromatic heterocycles. The van der Waals surface area contributed by atoms with Gasteiger partial charge < -0.3 is 4.90 Å². The molecule has 2 aromatic rings. The molecule has 5 nitrogen and oxygen atoms in total. The first-order valence-corrected chi connectivity index (χ1v) is 10.6. The van der Waals surface area contributed by atoms with Crippen LogP contribution in [0.15, 0.2) is 36.7 Å². The summed E-state index contributed by atoms with van der Waals surface area (Å²) >= 11 is 0. The Bertz CT molecular complexity index is 876. The molecule has 146 valence electrons. The van der Waals surface area contributed by atoms with Crippen molar-refractivity contribution in [1.82, 2.24) is 19.8 Å². The third-order valence-corrected chi connectivity index (χ3v) is 6.72. The van der Waals surface area contributed by atoms with Crippen LogP contribution < -0.4 is 0 Å². The van der Waals surface area contributed by atoms with E-state index in [4.69, 9.17) is 0 Å². The maximum absolute atomic E-state index is 13.4. The van der Waals surface area contributed by atoms with Gasteiger partial charge in [-0.1, -0.05) is 24.3 Å². The molecule has 3 aliphatic rings. The maximum Gasteiger partial charge on any atom is 0.243 e. The van der Waals surface area contributed by atoms with Crippen LogP contribution in [0, 0.1) is 6.92 Å². The van der Waals surface area contributed by atoms with E-state index in [9.17, 15) is 4.79 Å². The number of hydrogen-bond acceptors (Lipinski definition) is 4. The van der Waals surface area contributed by atoms with Gasteiger partial charge in [0.15, 0.2) is 5.82 Å². The molecule has 5 rings (SSSR count). The van der Waals surface area contributed by atoms with Crippen LogP contribution in [0.3, 0.4) is 0 Å². The lowest BCUT2D eigenvalue weighted by atomic mass is 9.85. The summed E-state index contributed by atoms with van der Waals surface area (Å²) in [5.74, 6) is 1.16. The highest BCUT2D eigenvalue weighted by molar-refractivity contribution is 5.88. The topological polar surface area (TPSA) is 49.3 Å². The minimum atomic E-state index is -0.282. The van der Waals surface area contributed by atoms with Crippen LogP contribution in [-0.2, 0) is 11.3 Å². The molecule has 0 N–H and O–H groups in total. The van der Waals surface area contributed by atoms with E-state index in [0.29, 0.717) is 11.9 Å². The molecule has 1 aromatic carbocycles. The number of hydrogen-bond donors (Lipinski definition) is 0. The fourth-order valence-electron chi connectivity index (χ4n) is 5.06. The van der Waals surface area contributed by atoms with Crippen LogP contribution in [0.4, 0.5) is 0 Å². The van der Waals surface area contributed by atoms with Gasteiger partial charge in [0.2, 0.25) is 5.91 Å². The molecule has 2 aliphatic heterocycles. The van der Waals surface area contributed by atoms with Crippen molar-refractivity contribution in [2.45, 2.75) is 63.6 Å². The molecule has 5 heteroatoms. The highest BCUT2D eigenvalue weighted by Crippen LogP contribution is 2.42. The van der Waals surface area contributed by atoms with Gasteiger partial charge in [-0.15, -0.1) is 0 Å². The predicted octanol–water partition coefficient (Wildman–Crippen LogP) is 3.57. The third kappa shape index (κ3) is 3.02. The summed E-state index contributed by atoms with van der Waals surface area (Å²) in [7, 11) is 0. The van der Waals surface area contributed by atoms with E-state index in [-0.39, 0.29) is 5.54 Å². The lowest BCUT2D eigenvalue weighted by Gasteiger charge is -2.45. The third-order valence-electron chi connectivity index (χ3n) is 6.72. The van der Waals surface area contributed by atoms with Gasteiger partial charge in [-0.3, -0.25) is 9.69 Å². The second-order valence-corrected chi connectivity index (χ2v) is 8.62. The lowest BCUT2D eigenvalue weighted by molar-refractivity contribution is -0.148. The van der Waals surface area contributed by atoms with Gasteiger partial charge in [0, 0.05) is 42.7 Å². The van der Waals surface area contributed by atoms with Crippen LogP contribution in [0.1, 0.15) is 49.7 Å². The minimum absolute atomic E-state index is 0.282. The molecule has 2 saturated heterocycles. The molecule has 1 saturated carbocycles. The van der Waals surface area contributed by atoms with Crippen molar-refractivity contribution < 1.29 is 4.79 Å². The van der Waals surface area contributed by atoms with Crippen molar-refractivity contribution in [3.63, 3.8) is 0 Å². The van der Waals surface area contributed by atoms with Gasteiger partial charge >= 0.3 is 0 Å². The van der Waals surface area contributed by atoms with E-state index in [1.807, 2.05) is 24.5 Å². The minimum Gasteiger partial charge on any atom is -0.338 e. The summed E-state index contributed by atoms with van der Waals surface area (Å²) in [6.07, 6.45) is 10.5. The Labute approximate surface area is 166 Å². The number of likely N-dealkylation sites (tertiary alicyclic amines) is 2. The second-order valence-electron chi connectivity index (χ2n) is 8.62. The molecule has 28 heavy (non-hydrogen) atoms. The van der Waals surface area contributed by atoms with Gasteiger partial charge in [0.1, 0.15) is 5.54 Å². The summed E-state index contributed by atoms with van der Waals surface area (Å²) in [5.41, 5.74) is 3.07. The zero-order valence-electron chi connectivity index (χ0n) is 16.6. The van der Waals surface area contributed by atoms with Crippen molar-refractivity contribution >= 4 is 5.91 Å². The van der Waals surface area contributed by atoms with E-state index in [0.717, 1.165) is 62.3 Å². The standard InChI is InChI=1S/C23H28N4O/c1-17-6-2-3-7-20(17)21-24-14-18(15-25-21)16-26-12-4-10-23(26)11-5-13-27(22(23)28)19-8-9-19/h2-3,6-7,14-15,19H,4-5,8-13,16H2,1H3. The van der Waals surface area contributed by atoms with E-state index >= 15 is 0 Å². The van der Waals surface area contributed by atoms with Crippen LogP contribution in [-0.4, -0.2) is 50.3 Å². The van der Waals surface area contributed by atoms with Crippen molar-refractivity contribution in [2.75, 3.05) is 13.1 Å². The Balaban J connectivity index is 1.35. The average Bonchev–Trinajstić information content (AvgIpc) is 3.48. The van der Waals surface area contributed by atoms with Gasteiger partial charge in [-0.25, -0.2) is 9.97 Å². The maximum atomic E-state index is 13.4. The van der Waals surface area contributed by atoms with E-state index in [1.165, 1.54) is 18.4 Å². The first-order valence-electron chi connectivity index (χ1n) is 10.6. The normalized spacial score (nSPS) is 25.6. The first-order chi connectivity index (χ1) is 13.7. The summed E-state index contributed by atoms with van der Waals surface area (Å²) in [5, 5.41) is 0. The van der Waals surface area contributed by atoms with E-state index < -0.39 is 0 Å². The zero-order valence-corrected chi connectivity index (χ0v) is 16.6. The van der Waals surface area contributed by atoms with Gasteiger partial charge in [0.25, 0.3) is 0 Å². The second kappa shape index (κ2) is 6.96. The quantitative estimate of drug-likeness (QED) is 0.818. The average molecular weight is 377 g/mol. The van der Waals surface area contributed by atoms with E-state index in [1.54, 1.807) is 0 Å². The smallest absolute Gasteiger partial charge is 0.243 e. The number of aryl methyl sites for hydroxylation is 1. The predicted molar refractivity (Wildman–Crippen MR) is 109 cm³/mol. The Morgan fingerprint density at radius 3 is 2.50 bits per heavy atom. The van der Waals surface area contributed by atoms with Crippen molar-refractivity contribution in [2.24, 2.45) is 0 Å². The molecule has 0 bridgehead atoms. The Morgan fingerprint density at radius 2 is 1.79 bits per heavy atom.